The molecular weight excluding hydrogens is 310 g/mol. The Morgan fingerprint density at radius 3 is 2.92 bits per heavy atom. The largest absolute Gasteiger partial charge is 0.479 e. The van der Waals surface area contributed by atoms with Gasteiger partial charge in [0.25, 0.3) is 0 Å². The number of unbranched alkanes of at least 4 members (excludes halogenated alkanes) is 3. The Labute approximate surface area is 142 Å². The van der Waals surface area contributed by atoms with Crippen molar-refractivity contribution in [1.82, 2.24) is 0 Å². The van der Waals surface area contributed by atoms with Crippen LogP contribution >= 0.6 is 0 Å². The lowest BCUT2D eigenvalue weighted by Crippen LogP contribution is -2.38. The van der Waals surface area contributed by atoms with Gasteiger partial charge in [-0.15, -0.1) is 0 Å². The highest BCUT2D eigenvalue weighted by atomic mass is 16.6. The lowest BCUT2D eigenvalue weighted by molar-refractivity contribution is -0.142. The van der Waals surface area contributed by atoms with E-state index in [4.69, 9.17) is 9.94 Å². The van der Waals surface area contributed by atoms with Gasteiger partial charge in [0.2, 0.25) is 6.61 Å². The predicted molar refractivity (Wildman–Crippen MR) is 89.3 cm³/mol. The van der Waals surface area contributed by atoms with Crippen LogP contribution in [0.5, 0.6) is 0 Å². The first kappa shape index (κ1) is 18.8. The Morgan fingerprint density at radius 2 is 2.21 bits per heavy atom. The quantitative estimate of drug-likeness (QED) is 0.356. The summed E-state index contributed by atoms with van der Waals surface area (Å²) in [5.74, 6) is 4.93. The molecule has 3 N–H and O–H groups in total. The number of aliphatic carboxylic acids is 1. The summed E-state index contributed by atoms with van der Waals surface area (Å²) in [5.41, 5.74) is 0.810. The van der Waals surface area contributed by atoms with Gasteiger partial charge in [-0.25, -0.2) is 4.79 Å². The van der Waals surface area contributed by atoms with Gasteiger partial charge >= 0.3 is 5.97 Å². The van der Waals surface area contributed by atoms with E-state index in [0.29, 0.717) is 19.3 Å². The second-order valence-corrected chi connectivity index (χ2v) is 6.71. The lowest BCUT2D eigenvalue weighted by Gasteiger charge is -2.33. The molecule has 24 heavy (non-hydrogen) atoms. The Morgan fingerprint density at radius 1 is 1.42 bits per heavy atom. The van der Waals surface area contributed by atoms with E-state index in [1.165, 1.54) is 12.8 Å². The predicted octanol–water partition coefficient (Wildman–Crippen LogP) is 1.80. The van der Waals surface area contributed by atoms with Crippen molar-refractivity contribution in [2.45, 2.75) is 64.1 Å². The van der Waals surface area contributed by atoms with Crippen molar-refractivity contribution in [3.8, 4) is 11.8 Å². The molecule has 0 spiro atoms. The number of carboxylic acid groups (broad SMARTS) is 1. The minimum Gasteiger partial charge on any atom is -0.479 e. The van der Waals surface area contributed by atoms with E-state index < -0.39 is 24.8 Å². The maximum atomic E-state index is 10.4. The van der Waals surface area contributed by atoms with Gasteiger partial charge in [-0.05, 0) is 31.6 Å². The molecule has 5 unspecified atom stereocenters. The molecule has 2 aliphatic carbocycles. The second kappa shape index (κ2) is 9.05. The van der Waals surface area contributed by atoms with Crippen LogP contribution < -0.4 is 0 Å². The fraction of sp³-hybridized carbons (Fsp3) is 0.778. The van der Waals surface area contributed by atoms with E-state index in [-0.39, 0.29) is 17.8 Å². The summed E-state index contributed by atoms with van der Waals surface area (Å²) in [6.45, 7) is 1.70. The van der Waals surface area contributed by atoms with E-state index in [1.54, 1.807) is 0 Å². The smallest absolute Gasteiger partial charge is 0.344 e. The summed E-state index contributed by atoms with van der Waals surface area (Å²) in [6, 6.07) is 0. The summed E-state index contributed by atoms with van der Waals surface area (Å²) in [5, 5.41) is 32.6. The molecule has 5 atom stereocenters. The maximum Gasteiger partial charge on any atom is 0.344 e. The van der Waals surface area contributed by atoms with Crippen molar-refractivity contribution in [3.63, 3.8) is 0 Å². The molecule has 0 aromatic heterocycles. The van der Waals surface area contributed by atoms with E-state index in [0.717, 1.165) is 18.6 Å². The summed E-state index contributed by atoms with van der Waals surface area (Å²) >= 11 is 0. The SMILES string of the molecule is CCCCCCC(O)C#CC1CC2/C(=N\OCC(=O)O)CC2C1O. The number of aliphatic hydroxyl groups excluding tert-OH is 2. The number of rotatable bonds is 8. The van der Waals surface area contributed by atoms with Crippen LogP contribution in [0.25, 0.3) is 0 Å². The normalized spacial score (nSPS) is 30.9. The van der Waals surface area contributed by atoms with E-state index in [1.807, 2.05) is 0 Å². The topological polar surface area (TPSA) is 99.4 Å². The number of hydrogen-bond acceptors (Lipinski definition) is 5. The first-order valence-corrected chi connectivity index (χ1v) is 8.80. The van der Waals surface area contributed by atoms with Crippen molar-refractivity contribution < 1.29 is 25.0 Å². The van der Waals surface area contributed by atoms with E-state index in [9.17, 15) is 15.0 Å². The highest BCUT2D eigenvalue weighted by molar-refractivity contribution is 5.93. The van der Waals surface area contributed by atoms with Crippen molar-refractivity contribution >= 4 is 11.7 Å². The van der Waals surface area contributed by atoms with Gasteiger partial charge in [0.15, 0.2) is 0 Å². The highest BCUT2D eigenvalue weighted by Crippen LogP contribution is 2.47. The van der Waals surface area contributed by atoms with Gasteiger partial charge < -0.3 is 20.2 Å². The molecular formula is C18H27NO5. The zero-order chi connectivity index (χ0) is 17.5. The fourth-order valence-electron chi connectivity index (χ4n) is 3.46. The molecule has 0 heterocycles. The van der Waals surface area contributed by atoms with Crippen LogP contribution in [0.1, 0.15) is 51.9 Å². The molecule has 0 saturated heterocycles. The van der Waals surface area contributed by atoms with Crippen LogP contribution in [0.2, 0.25) is 0 Å². The summed E-state index contributed by atoms with van der Waals surface area (Å²) in [4.78, 5) is 15.2. The number of oxime groups is 1. The third-order valence-corrected chi connectivity index (χ3v) is 4.88. The molecule has 2 saturated carbocycles. The molecule has 2 rings (SSSR count). The molecule has 134 valence electrons. The summed E-state index contributed by atoms with van der Waals surface area (Å²) in [7, 11) is 0. The third-order valence-electron chi connectivity index (χ3n) is 4.88. The molecule has 6 nitrogen and oxygen atoms in total. The van der Waals surface area contributed by atoms with Crippen molar-refractivity contribution in [2.75, 3.05) is 6.61 Å². The molecule has 2 aliphatic rings. The zero-order valence-electron chi connectivity index (χ0n) is 14.1. The van der Waals surface area contributed by atoms with Gasteiger partial charge in [-0.2, -0.15) is 0 Å². The molecule has 0 amide bonds. The van der Waals surface area contributed by atoms with Crippen molar-refractivity contribution in [3.05, 3.63) is 0 Å². The Hall–Kier alpha value is -1.58. The van der Waals surface area contributed by atoms with Gasteiger partial charge in [-0.1, -0.05) is 43.2 Å². The Balaban J connectivity index is 1.78. The highest BCUT2D eigenvalue weighted by Gasteiger charge is 2.51. The van der Waals surface area contributed by atoms with Crippen molar-refractivity contribution in [1.29, 1.82) is 0 Å². The number of nitrogens with zero attached hydrogens (tertiary/aromatic N) is 1. The Bertz CT molecular complexity index is 521. The monoisotopic (exact) mass is 337 g/mol. The van der Waals surface area contributed by atoms with E-state index in [2.05, 4.69) is 23.9 Å². The van der Waals surface area contributed by atoms with Crippen LogP contribution in [0.3, 0.4) is 0 Å². The summed E-state index contributed by atoms with van der Waals surface area (Å²) < 4.78 is 0. The van der Waals surface area contributed by atoms with Crippen LogP contribution in [0, 0.1) is 29.6 Å². The first-order chi connectivity index (χ1) is 11.5. The second-order valence-electron chi connectivity index (χ2n) is 6.71. The van der Waals surface area contributed by atoms with E-state index >= 15 is 0 Å². The van der Waals surface area contributed by atoms with Gasteiger partial charge in [-0.3, -0.25) is 0 Å². The number of hydrogen-bond donors (Lipinski definition) is 3. The standard InChI is InChI=1S/C18H27NO5/c1-2-3-4-5-6-13(20)8-7-12-9-14-15(18(12)23)10-16(14)19-24-11-17(21)22/h12-15,18,20,23H,2-6,9-11H2,1H3,(H,21,22)/b19-16-. The van der Waals surface area contributed by atoms with Crippen LogP contribution in [-0.2, 0) is 9.63 Å². The van der Waals surface area contributed by atoms with Crippen molar-refractivity contribution in [2.24, 2.45) is 22.9 Å². The van der Waals surface area contributed by atoms with Gasteiger partial charge in [0.05, 0.1) is 11.8 Å². The fourth-order valence-corrected chi connectivity index (χ4v) is 3.46. The molecule has 0 radical (unpaired) electrons. The van der Waals surface area contributed by atoms with Gasteiger partial charge in [0, 0.05) is 11.8 Å². The lowest BCUT2D eigenvalue weighted by atomic mass is 9.73. The van der Waals surface area contributed by atoms with Gasteiger partial charge in [0.1, 0.15) is 6.10 Å². The zero-order valence-corrected chi connectivity index (χ0v) is 14.1. The number of carboxylic acids is 1. The molecule has 0 aromatic rings. The molecule has 0 aliphatic heterocycles. The number of aliphatic hydroxyl groups is 2. The Kier molecular flexibility index (Phi) is 7.07. The van der Waals surface area contributed by atoms with Crippen LogP contribution in [0.15, 0.2) is 5.16 Å². The molecule has 0 bridgehead atoms. The number of fused-ring (bicyclic) bond motifs is 1. The van der Waals surface area contributed by atoms with Crippen LogP contribution in [-0.4, -0.2) is 45.8 Å². The summed E-state index contributed by atoms with van der Waals surface area (Å²) in [6.07, 6.45) is 5.29. The minimum absolute atomic E-state index is 0.120. The molecule has 0 aromatic carbocycles. The number of carbonyl (C=O) groups is 1. The average Bonchev–Trinajstić information content (AvgIpc) is 2.77. The first-order valence-electron chi connectivity index (χ1n) is 8.80. The molecule has 6 heteroatoms. The van der Waals surface area contributed by atoms with Crippen LogP contribution in [0.4, 0.5) is 0 Å². The molecule has 2 fully saturated rings. The maximum absolute atomic E-state index is 10.4. The average molecular weight is 337 g/mol. The third kappa shape index (κ3) is 4.96. The minimum atomic E-state index is -1.06.